The van der Waals surface area contributed by atoms with Crippen molar-refractivity contribution in [2.75, 3.05) is 44.0 Å². The highest BCUT2D eigenvalue weighted by Gasteiger charge is 2.18. The Hall–Kier alpha value is -3.65. The second-order valence-corrected chi connectivity index (χ2v) is 7.35. The van der Waals surface area contributed by atoms with E-state index in [9.17, 15) is 14.4 Å². The van der Waals surface area contributed by atoms with E-state index in [2.05, 4.69) is 15.6 Å². The Morgan fingerprint density at radius 3 is 2.55 bits per heavy atom. The number of nitrogens with one attached hydrogen (secondary N) is 3. The summed E-state index contributed by atoms with van der Waals surface area (Å²) in [6.45, 7) is 2.43. The molecule has 3 N–H and O–H groups in total. The Balaban J connectivity index is 1.50. The van der Waals surface area contributed by atoms with Crippen LogP contribution >= 0.6 is 0 Å². The zero-order chi connectivity index (χ0) is 21.8. The molecule has 3 aromatic rings. The standard InChI is InChI=1S/C23H24N4O4/c1-24-18-7-8-20-16(13-18)14-19(22(29)26-20)21(28)25-17-5-3-15(4-6-17)23(30)27-9-2-11-31-12-10-27/h3-8,13-14,24H,2,9-12H2,1H3,(H,25,28)(H,26,29). The van der Waals surface area contributed by atoms with Gasteiger partial charge in [-0.25, -0.2) is 0 Å². The normalized spacial score (nSPS) is 14.2. The van der Waals surface area contributed by atoms with Gasteiger partial charge in [0.15, 0.2) is 0 Å². The van der Waals surface area contributed by atoms with Crippen molar-refractivity contribution in [2.24, 2.45) is 0 Å². The molecule has 2 amide bonds. The summed E-state index contributed by atoms with van der Waals surface area (Å²) < 4.78 is 5.39. The smallest absolute Gasteiger partial charge is 0.261 e. The average Bonchev–Trinajstić information content (AvgIpc) is 3.08. The molecule has 1 aliphatic heterocycles. The van der Waals surface area contributed by atoms with Crippen LogP contribution in [0.4, 0.5) is 11.4 Å². The van der Waals surface area contributed by atoms with E-state index in [1.807, 2.05) is 12.1 Å². The lowest BCUT2D eigenvalue weighted by molar-refractivity contribution is 0.0741. The van der Waals surface area contributed by atoms with E-state index in [0.717, 1.165) is 17.5 Å². The highest BCUT2D eigenvalue weighted by molar-refractivity contribution is 6.06. The molecule has 8 heteroatoms. The summed E-state index contributed by atoms with van der Waals surface area (Å²) in [7, 11) is 1.80. The molecule has 0 unspecified atom stereocenters. The fourth-order valence-electron chi connectivity index (χ4n) is 3.56. The minimum Gasteiger partial charge on any atom is -0.388 e. The number of fused-ring (bicyclic) bond motifs is 1. The number of pyridine rings is 1. The summed E-state index contributed by atoms with van der Waals surface area (Å²) in [6.07, 6.45) is 0.815. The SMILES string of the molecule is CNc1ccc2[nH]c(=O)c(C(=O)Nc3ccc(C(=O)N4CCCOCC4)cc3)cc2c1. The van der Waals surface area contributed by atoms with E-state index >= 15 is 0 Å². The number of benzene rings is 2. The van der Waals surface area contributed by atoms with Gasteiger partial charge in [0.05, 0.1) is 6.61 Å². The fraction of sp³-hybridized carbons (Fsp3) is 0.261. The van der Waals surface area contributed by atoms with Crippen LogP contribution in [-0.4, -0.2) is 55.0 Å². The number of aromatic nitrogens is 1. The number of rotatable bonds is 4. The molecule has 0 radical (unpaired) electrons. The summed E-state index contributed by atoms with van der Waals surface area (Å²) in [4.78, 5) is 42.2. The van der Waals surface area contributed by atoms with Crippen molar-refractivity contribution >= 4 is 34.1 Å². The van der Waals surface area contributed by atoms with Gasteiger partial charge in [-0.3, -0.25) is 14.4 Å². The first-order valence-electron chi connectivity index (χ1n) is 10.2. The number of anilines is 2. The maximum atomic E-state index is 12.7. The van der Waals surface area contributed by atoms with Gasteiger partial charge < -0.3 is 25.3 Å². The first-order chi connectivity index (χ1) is 15.0. The van der Waals surface area contributed by atoms with E-state index < -0.39 is 11.5 Å². The molecule has 2 heterocycles. The highest BCUT2D eigenvalue weighted by Crippen LogP contribution is 2.18. The van der Waals surface area contributed by atoms with Crippen molar-refractivity contribution in [2.45, 2.75) is 6.42 Å². The number of H-pyrrole nitrogens is 1. The summed E-state index contributed by atoms with van der Waals surface area (Å²) in [5, 5.41) is 6.51. The van der Waals surface area contributed by atoms with Gasteiger partial charge >= 0.3 is 0 Å². The number of carbonyl (C=O) groups is 2. The molecular formula is C23H24N4O4. The molecule has 8 nitrogen and oxygen atoms in total. The monoisotopic (exact) mass is 420 g/mol. The van der Waals surface area contributed by atoms with E-state index in [1.165, 1.54) is 0 Å². The maximum Gasteiger partial charge on any atom is 0.261 e. The van der Waals surface area contributed by atoms with Crippen molar-refractivity contribution in [1.82, 2.24) is 9.88 Å². The van der Waals surface area contributed by atoms with E-state index in [4.69, 9.17) is 4.74 Å². The van der Waals surface area contributed by atoms with Crippen LogP contribution in [0.15, 0.2) is 53.3 Å². The third-order valence-electron chi connectivity index (χ3n) is 5.28. The van der Waals surface area contributed by atoms with Gasteiger partial charge in [0.1, 0.15) is 5.56 Å². The van der Waals surface area contributed by atoms with E-state index in [-0.39, 0.29) is 11.5 Å². The molecule has 0 spiro atoms. The Labute approximate surface area is 179 Å². The summed E-state index contributed by atoms with van der Waals surface area (Å²) in [5.41, 5.74) is 2.14. The lowest BCUT2D eigenvalue weighted by atomic mass is 10.1. The van der Waals surface area contributed by atoms with Gasteiger partial charge in [0.25, 0.3) is 17.4 Å². The number of carbonyl (C=O) groups excluding carboxylic acids is 2. The molecule has 1 aromatic heterocycles. The zero-order valence-electron chi connectivity index (χ0n) is 17.2. The van der Waals surface area contributed by atoms with Crippen molar-refractivity contribution < 1.29 is 14.3 Å². The first kappa shape index (κ1) is 20.6. The molecular weight excluding hydrogens is 396 g/mol. The molecule has 1 fully saturated rings. The molecule has 0 bridgehead atoms. The van der Waals surface area contributed by atoms with Crippen molar-refractivity contribution in [1.29, 1.82) is 0 Å². The lowest BCUT2D eigenvalue weighted by Crippen LogP contribution is -2.33. The van der Waals surface area contributed by atoms with Crippen molar-refractivity contribution in [3.05, 3.63) is 70.0 Å². The number of hydrogen-bond acceptors (Lipinski definition) is 5. The Morgan fingerprint density at radius 2 is 1.77 bits per heavy atom. The van der Waals surface area contributed by atoms with Gasteiger partial charge in [0.2, 0.25) is 0 Å². The zero-order valence-corrected chi connectivity index (χ0v) is 17.2. The second kappa shape index (κ2) is 9.01. The summed E-state index contributed by atoms with van der Waals surface area (Å²) >= 11 is 0. The van der Waals surface area contributed by atoms with Crippen LogP contribution in [0, 0.1) is 0 Å². The lowest BCUT2D eigenvalue weighted by Gasteiger charge is -2.19. The first-order valence-corrected chi connectivity index (χ1v) is 10.2. The number of amides is 2. The Kier molecular flexibility index (Phi) is 5.99. The second-order valence-electron chi connectivity index (χ2n) is 7.35. The van der Waals surface area contributed by atoms with Crippen LogP contribution in [0.2, 0.25) is 0 Å². The molecule has 4 rings (SSSR count). The van der Waals surface area contributed by atoms with E-state index in [1.54, 1.807) is 48.3 Å². The molecule has 1 saturated heterocycles. The fourth-order valence-corrected chi connectivity index (χ4v) is 3.56. The molecule has 0 atom stereocenters. The molecule has 31 heavy (non-hydrogen) atoms. The van der Waals surface area contributed by atoms with Gasteiger partial charge in [-0.05, 0) is 55.0 Å². The molecule has 0 saturated carbocycles. The third kappa shape index (κ3) is 4.59. The van der Waals surface area contributed by atoms with Crippen molar-refractivity contribution in [3.63, 3.8) is 0 Å². The highest BCUT2D eigenvalue weighted by atomic mass is 16.5. The number of aromatic amines is 1. The quantitative estimate of drug-likeness (QED) is 0.602. The van der Waals surface area contributed by atoms with Gasteiger partial charge in [0, 0.05) is 54.6 Å². The van der Waals surface area contributed by atoms with E-state index in [0.29, 0.717) is 43.1 Å². The third-order valence-corrected chi connectivity index (χ3v) is 5.28. The molecule has 2 aromatic carbocycles. The topological polar surface area (TPSA) is 104 Å². The van der Waals surface area contributed by atoms with Gasteiger partial charge in [-0.15, -0.1) is 0 Å². The number of hydrogen-bond donors (Lipinski definition) is 3. The van der Waals surface area contributed by atoms with Crippen LogP contribution in [-0.2, 0) is 4.74 Å². The summed E-state index contributed by atoms with van der Waals surface area (Å²) in [5.74, 6) is -0.573. The molecule has 0 aliphatic carbocycles. The Bertz CT molecular complexity index is 1160. The largest absolute Gasteiger partial charge is 0.388 e. The summed E-state index contributed by atoms with van der Waals surface area (Å²) in [6, 6.07) is 13.7. The molecule has 1 aliphatic rings. The predicted octanol–water partition coefficient (Wildman–Crippen LogP) is 2.68. The minimum atomic E-state index is -0.512. The average molecular weight is 420 g/mol. The van der Waals surface area contributed by atoms with Crippen LogP contribution in [0.25, 0.3) is 10.9 Å². The predicted molar refractivity (Wildman–Crippen MR) is 120 cm³/mol. The number of ether oxygens (including phenoxy) is 1. The van der Waals surface area contributed by atoms with Crippen LogP contribution in [0.5, 0.6) is 0 Å². The maximum absolute atomic E-state index is 12.7. The van der Waals surface area contributed by atoms with Crippen LogP contribution < -0.4 is 16.2 Å². The van der Waals surface area contributed by atoms with Crippen LogP contribution in [0.1, 0.15) is 27.1 Å². The minimum absolute atomic E-state index is 0.0190. The number of nitrogens with zero attached hydrogens (tertiary/aromatic N) is 1. The Morgan fingerprint density at radius 1 is 1.00 bits per heavy atom. The van der Waals surface area contributed by atoms with Crippen molar-refractivity contribution in [3.8, 4) is 0 Å². The van der Waals surface area contributed by atoms with Crippen LogP contribution in [0.3, 0.4) is 0 Å². The van der Waals surface area contributed by atoms with Gasteiger partial charge in [-0.2, -0.15) is 0 Å². The molecule has 160 valence electrons. The van der Waals surface area contributed by atoms with Gasteiger partial charge in [-0.1, -0.05) is 0 Å².